The third-order valence-electron chi connectivity index (χ3n) is 9.99. The summed E-state index contributed by atoms with van der Waals surface area (Å²) in [4.78, 5) is 110. The van der Waals surface area contributed by atoms with Crippen molar-refractivity contribution in [2.24, 2.45) is 22.2 Å². The van der Waals surface area contributed by atoms with E-state index in [-0.39, 0.29) is 44.6 Å². The Morgan fingerprint density at radius 1 is 0.519 bits per heavy atom. The lowest BCUT2D eigenvalue weighted by Crippen LogP contribution is -2.61. The van der Waals surface area contributed by atoms with Gasteiger partial charge in [-0.05, 0) is 65.2 Å². The number of hydrogen-bond donors (Lipinski definition) is 0. The van der Waals surface area contributed by atoms with Gasteiger partial charge in [-0.2, -0.15) is 0 Å². The summed E-state index contributed by atoms with van der Waals surface area (Å²) in [5, 5.41) is 0. The molecule has 0 aliphatic heterocycles. The fourth-order valence-corrected chi connectivity index (χ4v) is 7.86. The molecule has 4 fully saturated rings. The van der Waals surface area contributed by atoms with Crippen LogP contribution < -0.4 is 0 Å². The van der Waals surface area contributed by atoms with E-state index in [1.165, 1.54) is 0 Å². The minimum Gasteiger partial charge on any atom is -0.467 e. The van der Waals surface area contributed by atoms with Crippen molar-refractivity contribution < 1.29 is 85.8 Å². The van der Waals surface area contributed by atoms with Gasteiger partial charge in [-0.25, -0.2) is 28.8 Å². The van der Waals surface area contributed by atoms with Crippen molar-refractivity contribution >= 4 is 54.7 Å². The molecule has 4 saturated carbocycles. The normalized spacial score (nSPS) is 27.7. The highest BCUT2D eigenvalue weighted by molar-refractivity contribution is 5.97. The topological polar surface area (TPSA) is 237 Å². The van der Waals surface area contributed by atoms with Gasteiger partial charge in [0.05, 0.1) is 41.2 Å². The lowest BCUT2D eigenvalue weighted by atomic mass is 9.40. The standard InChI is InChI=1S/C34H46O18/c1-29(16-35,50-10-23(38)44-4)26(41)47-19-32-7-22-8-33(13-32,20-48-27(42)30(2,17-36)51-11-24(39)45-5)15-34(9-22,14-32)21-49-28(43)31(3,18-37)52-12-25(40)46-6/h16-18,22H,7-15,19-21H2,1-6H3. The van der Waals surface area contributed by atoms with E-state index in [0.29, 0.717) is 38.5 Å². The van der Waals surface area contributed by atoms with Crippen molar-refractivity contribution in [3.8, 4) is 0 Å². The lowest BCUT2D eigenvalue weighted by Gasteiger charge is -2.66. The summed E-state index contributed by atoms with van der Waals surface area (Å²) in [7, 11) is 3.33. The van der Waals surface area contributed by atoms with Crippen LogP contribution in [0.25, 0.3) is 0 Å². The molecule has 18 heteroatoms. The van der Waals surface area contributed by atoms with Gasteiger partial charge in [0.25, 0.3) is 0 Å². The molecule has 3 unspecified atom stereocenters. The second kappa shape index (κ2) is 16.6. The third-order valence-corrected chi connectivity index (χ3v) is 9.99. The summed E-state index contributed by atoms with van der Waals surface area (Å²) in [5.74, 6) is -5.69. The molecule has 4 bridgehead atoms. The summed E-state index contributed by atoms with van der Waals surface area (Å²) in [6.45, 7) is 0.696. The van der Waals surface area contributed by atoms with Crippen LogP contribution in [0.4, 0.5) is 0 Å². The highest BCUT2D eigenvalue weighted by Gasteiger charge is 2.65. The monoisotopic (exact) mass is 742 g/mol. The van der Waals surface area contributed by atoms with Gasteiger partial charge in [-0.3, -0.25) is 14.4 Å². The summed E-state index contributed by atoms with van der Waals surface area (Å²) < 4.78 is 46.3. The number of ether oxygens (including phenoxy) is 9. The Balaban J connectivity index is 1.88. The number of rotatable bonds is 21. The Morgan fingerprint density at radius 3 is 0.981 bits per heavy atom. The van der Waals surface area contributed by atoms with E-state index in [1.54, 1.807) is 0 Å². The minimum absolute atomic E-state index is 0.0542. The van der Waals surface area contributed by atoms with Crippen LogP contribution >= 0.6 is 0 Å². The second-order valence-corrected chi connectivity index (χ2v) is 14.5. The van der Waals surface area contributed by atoms with Crippen molar-refractivity contribution in [1.82, 2.24) is 0 Å². The molecule has 18 nitrogen and oxygen atoms in total. The van der Waals surface area contributed by atoms with Gasteiger partial charge in [-0.15, -0.1) is 0 Å². The van der Waals surface area contributed by atoms with Crippen molar-refractivity contribution in [3.05, 3.63) is 0 Å². The zero-order valence-electron chi connectivity index (χ0n) is 30.1. The van der Waals surface area contributed by atoms with Crippen LogP contribution in [0.3, 0.4) is 0 Å². The van der Waals surface area contributed by atoms with Gasteiger partial charge < -0.3 is 42.6 Å². The van der Waals surface area contributed by atoms with Crippen molar-refractivity contribution in [2.75, 3.05) is 61.0 Å². The summed E-state index contributed by atoms with van der Waals surface area (Å²) >= 11 is 0. The largest absolute Gasteiger partial charge is 0.467 e. The first-order valence-corrected chi connectivity index (χ1v) is 16.4. The molecule has 0 aromatic rings. The van der Waals surface area contributed by atoms with Crippen molar-refractivity contribution in [3.63, 3.8) is 0 Å². The average molecular weight is 743 g/mol. The molecule has 0 N–H and O–H groups in total. The Kier molecular flexibility index (Phi) is 13.4. The summed E-state index contributed by atoms with van der Waals surface area (Å²) in [6, 6.07) is 0. The van der Waals surface area contributed by atoms with E-state index < -0.39 is 88.7 Å². The van der Waals surface area contributed by atoms with Crippen LogP contribution in [0, 0.1) is 22.2 Å². The van der Waals surface area contributed by atoms with Crippen LogP contribution in [0.15, 0.2) is 0 Å². The number of hydrogen-bond acceptors (Lipinski definition) is 18. The van der Waals surface area contributed by atoms with Crippen LogP contribution in [-0.4, -0.2) is 132 Å². The molecule has 0 radical (unpaired) electrons. The highest BCUT2D eigenvalue weighted by atomic mass is 16.6. The first-order valence-electron chi connectivity index (χ1n) is 16.4. The zero-order valence-corrected chi connectivity index (χ0v) is 30.1. The molecule has 52 heavy (non-hydrogen) atoms. The van der Waals surface area contributed by atoms with Crippen molar-refractivity contribution in [2.45, 2.75) is 76.1 Å². The van der Waals surface area contributed by atoms with Crippen LogP contribution in [0.5, 0.6) is 0 Å². The van der Waals surface area contributed by atoms with Gasteiger partial charge in [0.1, 0.15) is 19.8 Å². The number of carbonyl (C=O) groups is 9. The number of aldehydes is 3. The Labute approximate surface area is 299 Å². The minimum atomic E-state index is -2.14. The molecular formula is C34H46O18. The second-order valence-electron chi connectivity index (χ2n) is 14.5. The molecule has 4 rings (SSSR count). The van der Waals surface area contributed by atoms with Crippen molar-refractivity contribution in [1.29, 1.82) is 0 Å². The number of esters is 6. The fourth-order valence-electron chi connectivity index (χ4n) is 7.86. The fraction of sp³-hybridized carbons (Fsp3) is 0.735. The highest BCUT2D eigenvalue weighted by Crippen LogP contribution is 2.70. The molecule has 4 aliphatic carbocycles. The lowest BCUT2D eigenvalue weighted by molar-refractivity contribution is -0.221. The maximum atomic E-state index is 13.2. The smallest absolute Gasteiger partial charge is 0.345 e. The van der Waals surface area contributed by atoms with E-state index >= 15 is 0 Å². The Hall–Kier alpha value is -4.29. The number of methoxy groups -OCH3 is 3. The Bertz CT molecular complexity index is 1250. The molecule has 0 amide bonds. The predicted molar refractivity (Wildman–Crippen MR) is 169 cm³/mol. The van der Waals surface area contributed by atoms with E-state index in [9.17, 15) is 43.2 Å². The average Bonchev–Trinajstić information content (AvgIpc) is 3.13. The Morgan fingerprint density at radius 2 is 0.769 bits per heavy atom. The maximum absolute atomic E-state index is 13.2. The predicted octanol–water partition coefficient (Wildman–Crippen LogP) is 0.0144. The quantitative estimate of drug-likeness (QED) is 0.0652. The molecule has 3 atom stereocenters. The molecule has 4 aliphatic rings. The summed E-state index contributed by atoms with van der Waals surface area (Å²) in [6.07, 6.45) is 3.32. The van der Waals surface area contributed by atoms with Gasteiger partial charge in [0.2, 0.25) is 16.8 Å². The third kappa shape index (κ3) is 9.57. The molecule has 0 aromatic carbocycles. The van der Waals surface area contributed by atoms with Gasteiger partial charge in [0.15, 0.2) is 18.9 Å². The molecule has 0 spiro atoms. The zero-order chi connectivity index (χ0) is 39.0. The first-order chi connectivity index (χ1) is 24.3. The van der Waals surface area contributed by atoms with Gasteiger partial charge in [-0.1, -0.05) is 0 Å². The van der Waals surface area contributed by atoms with E-state index in [0.717, 1.165) is 42.1 Å². The van der Waals surface area contributed by atoms with E-state index in [2.05, 4.69) is 14.2 Å². The first kappa shape index (κ1) is 42.1. The summed E-state index contributed by atoms with van der Waals surface area (Å²) in [5.41, 5.74) is -8.77. The molecule has 0 heterocycles. The number of carbonyl (C=O) groups excluding carboxylic acids is 9. The van der Waals surface area contributed by atoms with E-state index in [4.69, 9.17) is 28.4 Å². The van der Waals surface area contributed by atoms with Crippen LogP contribution in [0.1, 0.15) is 59.3 Å². The molecule has 0 saturated heterocycles. The maximum Gasteiger partial charge on any atom is 0.345 e. The van der Waals surface area contributed by atoms with Crippen LogP contribution in [0.2, 0.25) is 0 Å². The molecule has 0 aromatic heterocycles. The molecule has 290 valence electrons. The molecular weight excluding hydrogens is 696 g/mol. The van der Waals surface area contributed by atoms with E-state index in [1.807, 2.05) is 0 Å². The van der Waals surface area contributed by atoms with Gasteiger partial charge in [0, 0.05) is 16.2 Å². The van der Waals surface area contributed by atoms with Crippen LogP contribution in [-0.2, 0) is 85.8 Å². The van der Waals surface area contributed by atoms with Gasteiger partial charge >= 0.3 is 35.8 Å². The SMILES string of the molecule is COC(=O)COC(C)(C=O)C(=O)OCC12CC3CC(COC(=O)C(C)(C=O)OCC(=O)OC)(C1)CC(COC(=O)C(C)(C=O)OCC(=O)OC)(C3)C2.